The Morgan fingerprint density at radius 3 is 2.68 bits per heavy atom. The summed E-state index contributed by atoms with van der Waals surface area (Å²) < 4.78 is 11.4. The Hall–Kier alpha value is -2.63. The van der Waals surface area contributed by atoms with Crippen LogP contribution in [0.25, 0.3) is 0 Å². The summed E-state index contributed by atoms with van der Waals surface area (Å²) in [6.07, 6.45) is 5.25. The van der Waals surface area contributed by atoms with E-state index in [4.69, 9.17) is 9.15 Å². The highest BCUT2D eigenvalue weighted by molar-refractivity contribution is 5.91. The van der Waals surface area contributed by atoms with Crippen LogP contribution in [0.15, 0.2) is 39.7 Å². The van der Waals surface area contributed by atoms with E-state index in [2.05, 4.69) is 10.3 Å². The summed E-state index contributed by atoms with van der Waals surface area (Å²) >= 11 is 0. The van der Waals surface area contributed by atoms with Crippen molar-refractivity contribution in [1.29, 1.82) is 0 Å². The summed E-state index contributed by atoms with van der Waals surface area (Å²) in [5.41, 5.74) is 0.658. The molecular weight excluding hydrogens is 320 g/mol. The van der Waals surface area contributed by atoms with Crippen molar-refractivity contribution in [2.45, 2.75) is 51.7 Å². The van der Waals surface area contributed by atoms with E-state index in [1.54, 1.807) is 13.1 Å². The molecule has 1 fully saturated rings. The normalized spacial score (nSPS) is 20.1. The fourth-order valence-corrected chi connectivity index (χ4v) is 3.07. The zero-order chi connectivity index (χ0) is 17.8. The van der Waals surface area contributed by atoms with Gasteiger partial charge < -0.3 is 14.5 Å². The number of aryl methyl sites for hydroxylation is 2. The number of amides is 1. The van der Waals surface area contributed by atoms with Crippen LogP contribution in [0.5, 0.6) is 5.75 Å². The van der Waals surface area contributed by atoms with E-state index in [1.165, 1.54) is 12.1 Å². The van der Waals surface area contributed by atoms with Gasteiger partial charge in [-0.1, -0.05) is 0 Å². The molecular formula is C19H22N2O4. The largest absolute Gasteiger partial charge is 0.489 e. The van der Waals surface area contributed by atoms with Crippen LogP contribution in [0, 0.1) is 13.8 Å². The van der Waals surface area contributed by atoms with Crippen molar-refractivity contribution in [3.8, 4) is 5.75 Å². The van der Waals surface area contributed by atoms with E-state index in [0.717, 1.165) is 37.1 Å². The van der Waals surface area contributed by atoms with Crippen molar-refractivity contribution in [3.05, 3.63) is 57.9 Å². The van der Waals surface area contributed by atoms with Gasteiger partial charge in [-0.25, -0.2) is 0 Å². The van der Waals surface area contributed by atoms with Gasteiger partial charge in [-0.05, 0) is 51.7 Å². The lowest BCUT2D eigenvalue weighted by atomic mass is 9.93. The van der Waals surface area contributed by atoms with Crippen molar-refractivity contribution >= 4 is 5.91 Å². The van der Waals surface area contributed by atoms with Gasteiger partial charge in [0.05, 0.1) is 11.8 Å². The van der Waals surface area contributed by atoms with Gasteiger partial charge >= 0.3 is 0 Å². The SMILES string of the molecule is Cc1cc(=O)cc(C(=O)NC2CCC(Oc3cccnc3C)CC2)o1. The van der Waals surface area contributed by atoms with Crippen LogP contribution in [0.2, 0.25) is 0 Å². The van der Waals surface area contributed by atoms with Crippen LogP contribution >= 0.6 is 0 Å². The Morgan fingerprint density at radius 1 is 1.24 bits per heavy atom. The second kappa shape index (κ2) is 7.51. The molecule has 0 unspecified atom stereocenters. The molecule has 1 saturated carbocycles. The summed E-state index contributed by atoms with van der Waals surface area (Å²) in [6, 6.07) is 6.44. The number of hydrogen-bond acceptors (Lipinski definition) is 5. The molecule has 0 radical (unpaired) electrons. The third-order valence-corrected chi connectivity index (χ3v) is 4.38. The summed E-state index contributed by atoms with van der Waals surface area (Å²) in [6.45, 7) is 3.58. The first-order chi connectivity index (χ1) is 12.0. The number of rotatable bonds is 4. The molecule has 0 aromatic carbocycles. The molecule has 1 aliphatic rings. The molecule has 2 aromatic heterocycles. The van der Waals surface area contributed by atoms with Gasteiger partial charge in [-0.2, -0.15) is 0 Å². The molecule has 2 aromatic rings. The number of carbonyl (C=O) groups excluding carboxylic acids is 1. The predicted octanol–water partition coefficient (Wildman–Crippen LogP) is 2.77. The highest BCUT2D eigenvalue weighted by Crippen LogP contribution is 2.25. The number of nitrogens with zero attached hydrogens (tertiary/aromatic N) is 1. The Morgan fingerprint density at radius 2 is 2.00 bits per heavy atom. The van der Waals surface area contributed by atoms with Gasteiger partial charge in [-0.15, -0.1) is 0 Å². The van der Waals surface area contributed by atoms with Gasteiger partial charge in [0.2, 0.25) is 0 Å². The van der Waals surface area contributed by atoms with Crippen molar-refractivity contribution in [2.24, 2.45) is 0 Å². The van der Waals surface area contributed by atoms with Crippen LogP contribution in [0.3, 0.4) is 0 Å². The van der Waals surface area contributed by atoms with Gasteiger partial charge in [0.25, 0.3) is 5.91 Å². The van der Waals surface area contributed by atoms with E-state index in [0.29, 0.717) is 5.76 Å². The molecule has 1 amide bonds. The molecule has 0 saturated heterocycles. The standard InChI is InChI=1S/C19H22N2O4/c1-12-10-15(22)11-18(24-12)19(23)21-14-5-7-16(8-6-14)25-17-4-3-9-20-13(17)2/h3-4,9-11,14,16H,5-8H2,1-2H3,(H,21,23). The molecule has 1 N–H and O–H groups in total. The van der Waals surface area contributed by atoms with Gasteiger partial charge in [0, 0.05) is 24.4 Å². The van der Waals surface area contributed by atoms with Crippen LogP contribution in [0.4, 0.5) is 0 Å². The first-order valence-electron chi connectivity index (χ1n) is 8.52. The van der Waals surface area contributed by atoms with E-state index < -0.39 is 0 Å². The van der Waals surface area contributed by atoms with Crippen LogP contribution in [-0.2, 0) is 0 Å². The number of nitrogens with one attached hydrogen (secondary N) is 1. The minimum Gasteiger partial charge on any atom is -0.489 e. The van der Waals surface area contributed by atoms with Crippen molar-refractivity contribution < 1.29 is 13.9 Å². The highest BCUT2D eigenvalue weighted by Gasteiger charge is 2.25. The zero-order valence-corrected chi connectivity index (χ0v) is 14.5. The topological polar surface area (TPSA) is 81.4 Å². The summed E-state index contributed by atoms with van der Waals surface area (Å²) in [4.78, 5) is 28.0. The monoisotopic (exact) mass is 342 g/mol. The molecule has 3 rings (SSSR count). The quantitative estimate of drug-likeness (QED) is 0.924. The molecule has 1 aliphatic carbocycles. The second-order valence-electron chi connectivity index (χ2n) is 6.42. The molecule has 6 nitrogen and oxygen atoms in total. The Bertz CT molecular complexity index is 807. The maximum absolute atomic E-state index is 12.3. The van der Waals surface area contributed by atoms with Gasteiger partial charge in [0.15, 0.2) is 11.2 Å². The van der Waals surface area contributed by atoms with E-state index in [9.17, 15) is 9.59 Å². The Balaban J connectivity index is 1.53. The minimum atomic E-state index is -0.340. The Labute approximate surface area is 146 Å². The van der Waals surface area contributed by atoms with E-state index >= 15 is 0 Å². The van der Waals surface area contributed by atoms with E-state index in [-0.39, 0.29) is 29.2 Å². The van der Waals surface area contributed by atoms with Gasteiger partial charge in [-0.3, -0.25) is 14.6 Å². The maximum Gasteiger partial charge on any atom is 0.287 e. The van der Waals surface area contributed by atoms with Gasteiger partial charge in [0.1, 0.15) is 11.5 Å². The third kappa shape index (κ3) is 4.47. The number of pyridine rings is 1. The zero-order valence-electron chi connectivity index (χ0n) is 14.5. The summed E-state index contributed by atoms with van der Waals surface area (Å²) in [5, 5.41) is 2.95. The van der Waals surface area contributed by atoms with Crippen molar-refractivity contribution in [2.75, 3.05) is 0 Å². The fourth-order valence-electron chi connectivity index (χ4n) is 3.07. The van der Waals surface area contributed by atoms with E-state index in [1.807, 2.05) is 19.1 Å². The predicted molar refractivity (Wildman–Crippen MR) is 92.8 cm³/mol. The second-order valence-corrected chi connectivity index (χ2v) is 6.42. The lowest BCUT2D eigenvalue weighted by Crippen LogP contribution is -2.40. The molecule has 0 bridgehead atoms. The van der Waals surface area contributed by atoms with Crippen molar-refractivity contribution in [1.82, 2.24) is 10.3 Å². The van der Waals surface area contributed by atoms with Crippen LogP contribution < -0.4 is 15.5 Å². The highest BCUT2D eigenvalue weighted by atomic mass is 16.5. The number of aromatic nitrogens is 1. The Kier molecular flexibility index (Phi) is 5.16. The number of hydrogen-bond donors (Lipinski definition) is 1. The molecule has 25 heavy (non-hydrogen) atoms. The molecule has 0 atom stereocenters. The maximum atomic E-state index is 12.3. The van der Waals surface area contributed by atoms with Crippen molar-refractivity contribution in [3.63, 3.8) is 0 Å². The fraction of sp³-hybridized carbons (Fsp3) is 0.421. The lowest BCUT2D eigenvalue weighted by Gasteiger charge is -2.29. The minimum absolute atomic E-state index is 0.0631. The first-order valence-corrected chi connectivity index (χ1v) is 8.52. The number of carbonyl (C=O) groups is 1. The van der Waals surface area contributed by atoms with Crippen LogP contribution in [-0.4, -0.2) is 23.0 Å². The molecule has 2 heterocycles. The first kappa shape index (κ1) is 17.2. The lowest BCUT2D eigenvalue weighted by molar-refractivity contribution is 0.0862. The molecule has 132 valence electrons. The summed E-state index contributed by atoms with van der Waals surface area (Å²) in [7, 11) is 0. The molecule has 0 aliphatic heterocycles. The summed E-state index contributed by atoms with van der Waals surface area (Å²) in [5.74, 6) is 0.973. The third-order valence-electron chi connectivity index (χ3n) is 4.38. The molecule has 0 spiro atoms. The number of ether oxygens (including phenoxy) is 1. The van der Waals surface area contributed by atoms with Crippen LogP contribution in [0.1, 0.15) is 47.7 Å². The average molecular weight is 342 g/mol. The smallest absolute Gasteiger partial charge is 0.287 e. The molecule has 6 heteroatoms. The average Bonchev–Trinajstić information content (AvgIpc) is 2.58.